The molecule has 1 aromatic carbocycles. The molecule has 0 aliphatic heterocycles. The molecule has 3 nitrogen and oxygen atoms in total. The second-order valence-corrected chi connectivity index (χ2v) is 4.63. The molecule has 0 fully saturated rings. The second-order valence-electron chi connectivity index (χ2n) is 4.27. The maximum absolute atomic E-state index is 14.1. The van der Waals surface area contributed by atoms with Crippen LogP contribution in [0.2, 0.25) is 0 Å². The molecule has 0 radical (unpaired) electrons. The molecule has 0 unspecified atom stereocenters. The first-order valence-corrected chi connectivity index (χ1v) is 6.03. The fraction of sp³-hybridized carbons (Fsp3) is 0.364. The Kier molecular flexibility index (Phi) is 5.43. The van der Waals surface area contributed by atoms with Gasteiger partial charge in [0.05, 0.1) is 5.56 Å². The van der Waals surface area contributed by atoms with Gasteiger partial charge >= 0.3 is 24.4 Å². The van der Waals surface area contributed by atoms with Crippen LogP contribution in [-0.2, 0) is 5.67 Å². The molecule has 14 heteroatoms. The van der Waals surface area contributed by atoms with Crippen LogP contribution in [0.3, 0.4) is 0 Å². The summed E-state index contributed by atoms with van der Waals surface area (Å²) in [4.78, 5) is 0. The fourth-order valence-corrected chi connectivity index (χ4v) is 1.95. The summed E-state index contributed by atoms with van der Waals surface area (Å²) in [7, 11) is 0. The first-order chi connectivity index (χ1) is 11.1. The van der Waals surface area contributed by atoms with Crippen LogP contribution in [-0.4, -0.2) is 29.1 Å². The summed E-state index contributed by atoms with van der Waals surface area (Å²) in [5.41, 5.74) is -10.4. The van der Waals surface area contributed by atoms with Crippen LogP contribution >= 0.6 is 11.6 Å². The van der Waals surface area contributed by atoms with Crippen molar-refractivity contribution >= 4 is 16.8 Å². The molecule has 1 N–H and O–H groups in total. The Morgan fingerprint density at radius 2 is 1.40 bits per heavy atom. The van der Waals surface area contributed by atoms with Gasteiger partial charge in [-0.1, -0.05) is 28.9 Å². The number of oxime groups is 1. The number of benzene rings is 1. The lowest BCUT2D eigenvalue weighted by atomic mass is 9.89. The standard InChI is InChI=1S/C11H4ClF10NO2/c12-7(23-24)6-4(2-1-3-5(6)25-11(20,21)22)8(13,9(14,15)16)10(17,18)19/h1-3,24H. The van der Waals surface area contributed by atoms with Crippen LogP contribution in [0, 0.1) is 0 Å². The van der Waals surface area contributed by atoms with E-state index < -0.39 is 46.4 Å². The van der Waals surface area contributed by atoms with Gasteiger partial charge in [0, 0.05) is 5.56 Å². The summed E-state index contributed by atoms with van der Waals surface area (Å²) in [6.45, 7) is 0. The Morgan fingerprint density at radius 3 is 1.76 bits per heavy atom. The van der Waals surface area contributed by atoms with E-state index in [4.69, 9.17) is 16.8 Å². The smallest absolute Gasteiger partial charge is 0.410 e. The summed E-state index contributed by atoms with van der Waals surface area (Å²) in [5.74, 6) is -1.73. The minimum absolute atomic E-state index is 0.118. The van der Waals surface area contributed by atoms with Gasteiger partial charge in [-0.05, 0) is 6.07 Å². The third-order valence-corrected chi connectivity index (χ3v) is 2.96. The number of alkyl halides is 10. The van der Waals surface area contributed by atoms with Crippen LogP contribution in [0.5, 0.6) is 5.75 Å². The van der Waals surface area contributed by atoms with E-state index in [0.717, 1.165) is 0 Å². The van der Waals surface area contributed by atoms with Gasteiger partial charge in [0.25, 0.3) is 0 Å². The van der Waals surface area contributed by atoms with Crippen LogP contribution in [0.25, 0.3) is 0 Å². The van der Waals surface area contributed by atoms with Gasteiger partial charge < -0.3 is 9.94 Å². The van der Waals surface area contributed by atoms with Gasteiger partial charge in [0.1, 0.15) is 5.75 Å². The summed E-state index contributed by atoms with van der Waals surface area (Å²) in [6, 6.07) is 0.382. The number of rotatable bonds is 3. The Labute approximate surface area is 136 Å². The maximum atomic E-state index is 14.1. The minimum atomic E-state index is -6.64. The van der Waals surface area contributed by atoms with E-state index >= 15 is 0 Å². The lowest BCUT2D eigenvalue weighted by Gasteiger charge is -2.32. The summed E-state index contributed by atoms with van der Waals surface area (Å²) >= 11 is 5.09. The van der Waals surface area contributed by atoms with Crippen LogP contribution in [0.15, 0.2) is 23.4 Å². The summed E-state index contributed by atoms with van der Waals surface area (Å²) in [5, 5.41) is 8.77. The normalized spacial score (nSPS) is 14.6. The highest BCUT2D eigenvalue weighted by atomic mass is 35.5. The Hall–Kier alpha value is -1.92. The molecule has 25 heavy (non-hydrogen) atoms. The van der Waals surface area contributed by atoms with Crippen molar-refractivity contribution in [3.63, 3.8) is 0 Å². The molecule has 0 aliphatic rings. The zero-order valence-corrected chi connectivity index (χ0v) is 11.9. The molecule has 0 bridgehead atoms. The fourth-order valence-electron chi connectivity index (χ4n) is 1.76. The Bertz CT molecular complexity index is 650. The van der Waals surface area contributed by atoms with Crippen LogP contribution in [0.1, 0.15) is 11.1 Å². The van der Waals surface area contributed by atoms with Crippen molar-refractivity contribution in [3.8, 4) is 5.75 Å². The van der Waals surface area contributed by atoms with Gasteiger partial charge in [-0.25, -0.2) is 4.39 Å². The minimum Gasteiger partial charge on any atom is -0.410 e. The quantitative estimate of drug-likeness (QED) is 0.322. The number of halogens is 11. The second kappa shape index (κ2) is 6.42. The molecule has 1 rings (SSSR count). The highest BCUT2D eigenvalue weighted by Gasteiger charge is 2.74. The lowest BCUT2D eigenvalue weighted by molar-refractivity contribution is -0.348. The monoisotopic (exact) mass is 407 g/mol. The lowest BCUT2D eigenvalue weighted by Crippen LogP contribution is -2.51. The average molecular weight is 408 g/mol. The van der Waals surface area contributed by atoms with Gasteiger partial charge in [-0.2, -0.15) is 26.3 Å². The molecular weight excluding hydrogens is 404 g/mol. The summed E-state index contributed by atoms with van der Waals surface area (Å²) in [6.07, 6.45) is -18.8. The van der Waals surface area contributed by atoms with Crippen molar-refractivity contribution in [1.29, 1.82) is 0 Å². The molecule has 0 spiro atoms. The van der Waals surface area contributed by atoms with Crippen molar-refractivity contribution in [3.05, 3.63) is 29.3 Å². The van der Waals surface area contributed by atoms with Gasteiger partial charge in [0.15, 0.2) is 5.17 Å². The van der Waals surface area contributed by atoms with Gasteiger partial charge in [-0.3, -0.25) is 0 Å². The predicted octanol–water partition coefficient (Wildman–Crippen LogP) is 5.25. The Balaban J connectivity index is 3.89. The molecule has 0 saturated heterocycles. The third-order valence-electron chi connectivity index (χ3n) is 2.70. The van der Waals surface area contributed by atoms with E-state index in [-0.39, 0.29) is 18.2 Å². The third kappa shape index (κ3) is 4.02. The molecule has 0 aliphatic carbocycles. The molecular formula is C11H4ClF10NO2. The molecule has 0 aromatic heterocycles. The number of hydrogen-bond donors (Lipinski definition) is 1. The van der Waals surface area contributed by atoms with Crippen LogP contribution < -0.4 is 4.74 Å². The molecule has 142 valence electrons. The largest absolute Gasteiger partial charge is 0.573 e. The van der Waals surface area contributed by atoms with Crippen molar-refractivity contribution < 1.29 is 53.8 Å². The molecule has 0 saturated carbocycles. The van der Waals surface area contributed by atoms with Crippen molar-refractivity contribution in [2.24, 2.45) is 5.16 Å². The van der Waals surface area contributed by atoms with E-state index in [1.165, 1.54) is 0 Å². The topological polar surface area (TPSA) is 41.8 Å². The SMILES string of the molecule is ON=C(Cl)c1c(OC(F)(F)F)cccc1C(F)(C(F)(F)F)C(F)(F)F. The number of ether oxygens (including phenoxy) is 1. The molecule has 0 atom stereocenters. The van der Waals surface area contributed by atoms with Gasteiger partial charge in [-0.15, -0.1) is 13.2 Å². The first-order valence-electron chi connectivity index (χ1n) is 5.65. The van der Waals surface area contributed by atoms with Gasteiger partial charge in [0.2, 0.25) is 0 Å². The number of nitrogens with zero attached hydrogens (tertiary/aromatic N) is 1. The van der Waals surface area contributed by atoms with Crippen molar-refractivity contribution in [2.75, 3.05) is 0 Å². The zero-order valence-electron chi connectivity index (χ0n) is 11.2. The van der Waals surface area contributed by atoms with Crippen LogP contribution in [0.4, 0.5) is 43.9 Å². The highest BCUT2D eigenvalue weighted by molar-refractivity contribution is 6.70. The van der Waals surface area contributed by atoms with E-state index in [1.807, 2.05) is 5.16 Å². The van der Waals surface area contributed by atoms with E-state index in [9.17, 15) is 43.9 Å². The molecule has 0 heterocycles. The van der Waals surface area contributed by atoms with Crippen molar-refractivity contribution in [1.82, 2.24) is 0 Å². The number of hydrogen-bond acceptors (Lipinski definition) is 3. The molecule has 0 amide bonds. The van der Waals surface area contributed by atoms with E-state index in [0.29, 0.717) is 0 Å². The maximum Gasteiger partial charge on any atom is 0.573 e. The predicted molar refractivity (Wildman–Crippen MR) is 62.2 cm³/mol. The van der Waals surface area contributed by atoms with Crippen molar-refractivity contribution in [2.45, 2.75) is 24.4 Å². The first kappa shape index (κ1) is 21.1. The highest BCUT2D eigenvalue weighted by Crippen LogP contribution is 2.55. The molecule has 1 aromatic rings. The summed E-state index contributed by atoms with van der Waals surface area (Å²) < 4.78 is 131. The Morgan fingerprint density at radius 1 is 0.920 bits per heavy atom. The average Bonchev–Trinajstić information content (AvgIpc) is 2.41. The van der Waals surface area contributed by atoms with E-state index in [2.05, 4.69) is 4.74 Å². The zero-order chi connectivity index (χ0) is 19.8. The van der Waals surface area contributed by atoms with E-state index in [1.54, 1.807) is 0 Å².